The maximum atomic E-state index is 12.9. The van der Waals surface area contributed by atoms with E-state index in [-0.39, 0.29) is 5.56 Å². The van der Waals surface area contributed by atoms with Gasteiger partial charge in [-0.05, 0) is 24.7 Å². The molecule has 0 aliphatic heterocycles. The van der Waals surface area contributed by atoms with E-state index in [0.717, 1.165) is 12.1 Å². The fourth-order valence-corrected chi connectivity index (χ4v) is 1.05. The van der Waals surface area contributed by atoms with Crippen LogP contribution >= 0.6 is 0 Å². The minimum atomic E-state index is -0.474. The van der Waals surface area contributed by atoms with Crippen molar-refractivity contribution in [2.45, 2.75) is 0 Å². The van der Waals surface area contributed by atoms with E-state index in [9.17, 15) is 4.39 Å². The number of nitriles is 1. The second-order valence-electron chi connectivity index (χ2n) is 2.81. The van der Waals surface area contributed by atoms with Crippen molar-refractivity contribution in [3.05, 3.63) is 41.2 Å². The van der Waals surface area contributed by atoms with E-state index in [1.54, 1.807) is 12.1 Å². The van der Waals surface area contributed by atoms with Gasteiger partial charge in [-0.3, -0.25) is 0 Å². The van der Waals surface area contributed by atoms with Crippen molar-refractivity contribution < 1.29 is 4.39 Å². The van der Waals surface area contributed by atoms with Crippen LogP contribution < -0.4 is 5.32 Å². The standard InChI is InChI=1S/C11H11FN2/c1-14-6-2-3-9-4-5-11(12)10(7-9)8-13/h2-5,7,14H,6H2,1H3/b3-2+. The molecule has 1 N–H and O–H groups in total. The Balaban J connectivity index is 2.86. The third kappa shape index (κ3) is 2.68. The molecular formula is C11H11FN2. The highest BCUT2D eigenvalue weighted by Crippen LogP contribution is 2.10. The summed E-state index contributed by atoms with van der Waals surface area (Å²) in [6.45, 7) is 0.749. The van der Waals surface area contributed by atoms with Gasteiger partial charge in [-0.1, -0.05) is 18.2 Å². The Morgan fingerprint density at radius 1 is 1.57 bits per heavy atom. The zero-order valence-electron chi connectivity index (χ0n) is 7.92. The zero-order chi connectivity index (χ0) is 10.4. The van der Waals surface area contributed by atoms with Gasteiger partial charge in [0.1, 0.15) is 11.9 Å². The van der Waals surface area contributed by atoms with Crippen LogP contribution in [0, 0.1) is 17.1 Å². The average molecular weight is 190 g/mol. The first-order chi connectivity index (χ1) is 6.77. The Morgan fingerprint density at radius 2 is 2.36 bits per heavy atom. The molecule has 0 fully saturated rings. The van der Waals surface area contributed by atoms with Gasteiger partial charge in [-0.15, -0.1) is 0 Å². The maximum Gasteiger partial charge on any atom is 0.140 e. The number of halogens is 1. The van der Waals surface area contributed by atoms with Crippen LogP contribution in [0.15, 0.2) is 24.3 Å². The van der Waals surface area contributed by atoms with Crippen molar-refractivity contribution in [3.63, 3.8) is 0 Å². The van der Waals surface area contributed by atoms with Gasteiger partial charge < -0.3 is 5.32 Å². The highest BCUT2D eigenvalue weighted by atomic mass is 19.1. The molecule has 0 saturated carbocycles. The van der Waals surface area contributed by atoms with Crippen LogP contribution in [-0.2, 0) is 0 Å². The first kappa shape index (κ1) is 10.4. The summed E-state index contributed by atoms with van der Waals surface area (Å²) in [5.41, 5.74) is 0.912. The lowest BCUT2D eigenvalue weighted by Gasteiger charge is -1.96. The lowest BCUT2D eigenvalue weighted by molar-refractivity contribution is 0.624. The molecule has 3 heteroatoms. The fourth-order valence-electron chi connectivity index (χ4n) is 1.05. The minimum absolute atomic E-state index is 0.0802. The van der Waals surface area contributed by atoms with Gasteiger partial charge in [0.15, 0.2) is 0 Å². The van der Waals surface area contributed by atoms with E-state index < -0.39 is 5.82 Å². The van der Waals surface area contributed by atoms with Crippen molar-refractivity contribution in [2.24, 2.45) is 0 Å². The number of nitrogens with one attached hydrogen (secondary N) is 1. The Kier molecular flexibility index (Phi) is 3.84. The summed E-state index contributed by atoms with van der Waals surface area (Å²) in [6.07, 6.45) is 3.76. The molecule has 0 radical (unpaired) electrons. The molecule has 0 spiro atoms. The Labute approximate surface area is 82.7 Å². The van der Waals surface area contributed by atoms with Crippen LogP contribution in [0.5, 0.6) is 0 Å². The molecule has 0 saturated heterocycles. The third-order valence-corrected chi connectivity index (χ3v) is 1.74. The zero-order valence-corrected chi connectivity index (χ0v) is 7.92. The summed E-state index contributed by atoms with van der Waals surface area (Å²) in [4.78, 5) is 0. The van der Waals surface area contributed by atoms with Crippen LogP contribution in [0.2, 0.25) is 0 Å². The molecule has 0 aromatic heterocycles. The molecule has 0 unspecified atom stereocenters. The number of hydrogen-bond donors (Lipinski definition) is 1. The van der Waals surface area contributed by atoms with Gasteiger partial charge in [0, 0.05) is 6.54 Å². The van der Waals surface area contributed by atoms with Gasteiger partial charge in [-0.25, -0.2) is 4.39 Å². The predicted molar refractivity (Wildman–Crippen MR) is 54.1 cm³/mol. The van der Waals surface area contributed by atoms with E-state index in [0.29, 0.717) is 0 Å². The average Bonchev–Trinajstić information content (AvgIpc) is 2.21. The van der Waals surface area contributed by atoms with E-state index >= 15 is 0 Å². The largest absolute Gasteiger partial charge is 0.316 e. The normalized spacial score (nSPS) is 10.4. The van der Waals surface area contributed by atoms with Crippen LogP contribution in [0.1, 0.15) is 11.1 Å². The van der Waals surface area contributed by atoms with Crippen molar-refractivity contribution in [3.8, 4) is 6.07 Å². The summed E-state index contributed by atoms with van der Waals surface area (Å²) < 4.78 is 12.9. The molecule has 1 rings (SSSR count). The molecule has 2 nitrogen and oxygen atoms in total. The van der Waals surface area contributed by atoms with Gasteiger partial charge in [-0.2, -0.15) is 5.26 Å². The summed E-state index contributed by atoms with van der Waals surface area (Å²) in [5, 5.41) is 11.5. The predicted octanol–water partition coefficient (Wildman–Crippen LogP) is 1.93. The van der Waals surface area contributed by atoms with E-state index in [4.69, 9.17) is 5.26 Å². The van der Waals surface area contributed by atoms with Crippen molar-refractivity contribution in [1.82, 2.24) is 5.32 Å². The van der Waals surface area contributed by atoms with Crippen molar-refractivity contribution >= 4 is 6.08 Å². The SMILES string of the molecule is CNC/C=C/c1ccc(F)c(C#N)c1. The summed E-state index contributed by atoms with van der Waals surface area (Å²) >= 11 is 0. The van der Waals surface area contributed by atoms with Gasteiger partial charge >= 0.3 is 0 Å². The molecule has 1 aromatic rings. The molecular weight excluding hydrogens is 179 g/mol. The lowest BCUT2D eigenvalue weighted by atomic mass is 10.1. The Hall–Kier alpha value is -1.66. The van der Waals surface area contributed by atoms with Crippen LogP contribution in [0.4, 0.5) is 4.39 Å². The van der Waals surface area contributed by atoms with Gasteiger partial charge in [0.2, 0.25) is 0 Å². The Morgan fingerprint density at radius 3 is 3.00 bits per heavy atom. The summed E-state index contributed by atoms with van der Waals surface area (Å²) in [7, 11) is 1.84. The molecule has 0 aliphatic rings. The number of benzene rings is 1. The molecule has 0 amide bonds. The topological polar surface area (TPSA) is 35.8 Å². The molecule has 0 heterocycles. The first-order valence-corrected chi connectivity index (χ1v) is 4.28. The molecule has 0 atom stereocenters. The molecule has 14 heavy (non-hydrogen) atoms. The Bertz CT molecular complexity index is 377. The first-order valence-electron chi connectivity index (χ1n) is 4.28. The minimum Gasteiger partial charge on any atom is -0.316 e. The second kappa shape index (κ2) is 5.15. The second-order valence-corrected chi connectivity index (χ2v) is 2.81. The van der Waals surface area contributed by atoms with E-state index in [1.807, 2.05) is 19.2 Å². The number of rotatable bonds is 3. The van der Waals surface area contributed by atoms with E-state index in [2.05, 4.69) is 5.32 Å². The third-order valence-electron chi connectivity index (χ3n) is 1.74. The fraction of sp³-hybridized carbons (Fsp3) is 0.182. The number of hydrogen-bond acceptors (Lipinski definition) is 2. The van der Waals surface area contributed by atoms with Gasteiger partial charge in [0.05, 0.1) is 5.56 Å². The van der Waals surface area contributed by atoms with E-state index in [1.165, 1.54) is 12.1 Å². The van der Waals surface area contributed by atoms with Crippen LogP contribution in [0.25, 0.3) is 6.08 Å². The van der Waals surface area contributed by atoms with Crippen molar-refractivity contribution in [1.29, 1.82) is 5.26 Å². The van der Waals surface area contributed by atoms with Gasteiger partial charge in [0.25, 0.3) is 0 Å². The quantitative estimate of drug-likeness (QED) is 0.790. The monoisotopic (exact) mass is 190 g/mol. The number of nitrogens with zero attached hydrogens (tertiary/aromatic N) is 1. The smallest absolute Gasteiger partial charge is 0.140 e. The molecule has 0 aliphatic carbocycles. The molecule has 72 valence electrons. The highest BCUT2D eigenvalue weighted by Gasteiger charge is 1.99. The summed E-state index contributed by atoms with van der Waals surface area (Å²) in [5.74, 6) is -0.474. The maximum absolute atomic E-state index is 12.9. The molecule has 1 aromatic carbocycles. The highest BCUT2D eigenvalue weighted by molar-refractivity contribution is 5.52. The van der Waals surface area contributed by atoms with Crippen LogP contribution in [-0.4, -0.2) is 13.6 Å². The van der Waals surface area contributed by atoms with Crippen LogP contribution in [0.3, 0.4) is 0 Å². The van der Waals surface area contributed by atoms with Crippen molar-refractivity contribution in [2.75, 3.05) is 13.6 Å². The number of likely N-dealkylation sites (N-methyl/N-ethyl adjacent to an activating group) is 1. The lowest BCUT2D eigenvalue weighted by Crippen LogP contribution is -2.03. The summed E-state index contributed by atoms with van der Waals surface area (Å²) in [6, 6.07) is 6.28. The molecule has 0 bridgehead atoms.